The number of carbonyl (C=O) groups is 2. The molecular formula is C22H23N3O3S. The number of rotatable bonds is 7. The Labute approximate surface area is 173 Å². The lowest BCUT2D eigenvalue weighted by Gasteiger charge is -2.18. The number of anilines is 1. The number of amides is 2. The van der Waals surface area contributed by atoms with Gasteiger partial charge >= 0.3 is 6.09 Å². The minimum absolute atomic E-state index is 0.0716. The number of nitrogens with one attached hydrogen (secondary N) is 2. The van der Waals surface area contributed by atoms with Gasteiger partial charge in [0.1, 0.15) is 0 Å². The summed E-state index contributed by atoms with van der Waals surface area (Å²) in [5, 5.41) is 6.15. The van der Waals surface area contributed by atoms with E-state index in [1.165, 1.54) is 11.3 Å². The van der Waals surface area contributed by atoms with Crippen molar-refractivity contribution >= 4 is 28.5 Å². The fourth-order valence-electron chi connectivity index (χ4n) is 2.92. The summed E-state index contributed by atoms with van der Waals surface area (Å²) in [7, 11) is 0. The molecule has 1 aromatic heterocycles. The molecule has 1 atom stereocenters. The molecule has 150 valence electrons. The second-order valence-corrected chi connectivity index (χ2v) is 7.57. The zero-order valence-electron chi connectivity index (χ0n) is 16.3. The first-order chi connectivity index (χ1) is 14.1. The van der Waals surface area contributed by atoms with E-state index in [2.05, 4.69) is 15.6 Å². The number of carbonyl (C=O) groups excluding carboxylic acids is 2. The molecule has 0 aliphatic heterocycles. The summed E-state index contributed by atoms with van der Waals surface area (Å²) in [6, 6.07) is 18.7. The van der Waals surface area contributed by atoms with Crippen molar-refractivity contribution < 1.29 is 14.3 Å². The highest BCUT2D eigenvalue weighted by atomic mass is 32.1. The summed E-state index contributed by atoms with van der Waals surface area (Å²) in [5.41, 5.74) is 2.69. The largest absolute Gasteiger partial charge is 0.450 e. The fourth-order valence-corrected chi connectivity index (χ4v) is 3.77. The first kappa shape index (κ1) is 20.5. The standard InChI is InChI=1S/C22H23N3O3S/c1-3-28-22(27)23-18(16-10-6-4-7-11-16)14-19(26)24-21-25-20(15(2)29-21)17-12-8-5-9-13-17/h4-13,18H,3,14H2,1-2H3,(H,23,27)(H,24,25,26)/t18-/m0/s1. The molecule has 1 heterocycles. The summed E-state index contributed by atoms with van der Waals surface area (Å²) in [4.78, 5) is 30.1. The molecule has 0 unspecified atom stereocenters. The highest BCUT2D eigenvalue weighted by Gasteiger charge is 2.20. The zero-order chi connectivity index (χ0) is 20.6. The number of nitrogens with zero attached hydrogens (tertiary/aromatic N) is 1. The third-order valence-electron chi connectivity index (χ3n) is 4.25. The van der Waals surface area contributed by atoms with Crippen LogP contribution < -0.4 is 10.6 Å². The van der Waals surface area contributed by atoms with Gasteiger partial charge in [-0.05, 0) is 19.4 Å². The predicted octanol–water partition coefficient (Wildman–Crippen LogP) is 4.93. The van der Waals surface area contributed by atoms with Crippen LogP contribution in [-0.2, 0) is 9.53 Å². The molecule has 29 heavy (non-hydrogen) atoms. The van der Waals surface area contributed by atoms with Crippen LogP contribution in [0.4, 0.5) is 9.93 Å². The Morgan fingerprint density at radius 3 is 2.38 bits per heavy atom. The third kappa shape index (κ3) is 5.65. The van der Waals surface area contributed by atoms with Gasteiger partial charge in [0.2, 0.25) is 5.91 Å². The van der Waals surface area contributed by atoms with Gasteiger partial charge in [0.15, 0.2) is 5.13 Å². The monoisotopic (exact) mass is 409 g/mol. The number of aromatic nitrogens is 1. The lowest BCUT2D eigenvalue weighted by molar-refractivity contribution is -0.116. The molecule has 0 bridgehead atoms. The molecular weight excluding hydrogens is 386 g/mol. The molecule has 0 saturated carbocycles. The quantitative estimate of drug-likeness (QED) is 0.579. The van der Waals surface area contributed by atoms with Crippen LogP contribution in [0, 0.1) is 6.92 Å². The fraction of sp³-hybridized carbons (Fsp3) is 0.227. The predicted molar refractivity (Wildman–Crippen MR) is 115 cm³/mol. The molecule has 3 aromatic rings. The molecule has 0 fully saturated rings. The van der Waals surface area contributed by atoms with Crippen molar-refractivity contribution in [1.82, 2.24) is 10.3 Å². The third-order valence-corrected chi connectivity index (χ3v) is 5.14. The number of aryl methyl sites for hydroxylation is 1. The van der Waals surface area contributed by atoms with Crippen LogP contribution in [0.3, 0.4) is 0 Å². The summed E-state index contributed by atoms with van der Waals surface area (Å²) in [6.07, 6.45) is -0.479. The minimum atomic E-state index is -0.550. The maximum atomic E-state index is 12.7. The maximum Gasteiger partial charge on any atom is 0.407 e. The van der Waals surface area contributed by atoms with Gasteiger partial charge in [-0.2, -0.15) is 0 Å². The van der Waals surface area contributed by atoms with E-state index in [4.69, 9.17) is 4.74 Å². The number of benzene rings is 2. The van der Waals surface area contributed by atoms with Crippen molar-refractivity contribution in [3.63, 3.8) is 0 Å². The molecule has 0 saturated heterocycles. The number of hydrogen-bond acceptors (Lipinski definition) is 5. The lowest BCUT2D eigenvalue weighted by Crippen LogP contribution is -2.32. The number of thiazole rings is 1. The molecule has 2 aromatic carbocycles. The van der Waals surface area contributed by atoms with E-state index in [0.29, 0.717) is 5.13 Å². The first-order valence-electron chi connectivity index (χ1n) is 9.37. The van der Waals surface area contributed by atoms with Crippen molar-refractivity contribution in [3.8, 4) is 11.3 Å². The highest BCUT2D eigenvalue weighted by Crippen LogP contribution is 2.30. The normalized spacial score (nSPS) is 11.5. The van der Waals surface area contributed by atoms with Gasteiger partial charge in [-0.1, -0.05) is 60.7 Å². The second kappa shape index (κ2) is 9.84. The van der Waals surface area contributed by atoms with Gasteiger partial charge in [-0.3, -0.25) is 4.79 Å². The van der Waals surface area contributed by atoms with Gasteiger partial charge in [0.05, 0.1) is 24.8 Å². The van der Waals surface area contributed by atoms with E-state index in [1.807, 2.05) is 67.6 Å². The van der Waals surface area contributed by atoms with Crippen LogP contribution in [0.2, 0.25) is 0 Å². The highest BCUT2D eigenvalue weighted by molar-refractivity contribution is 7.16. The van der Waals surface area contributed by atoms with Crippen LogP contribution in [0.25, 0.3) is 11.3 Å². The van der Waals surface area contributed by atoms with E-state index in [9.17, 15) is 9.59 Å². The smallest absolute Gasteiger partial charge is 0.407 e. The van der Waals surface area contributed by atoms with E-state index < -0.39 is 12.1 Å². The van der Waals surface area contributed by atoms with Crippen LogP contribution >= 0.6 is 11.3 Å². The Balaban J connectivity index is 1.71. The van der Waals surface area contributed by atoms with Gasteiger partial charge in [-0.25, -0.2) is 9.78 Å². The van der Waals surface area contributed by atoms with Crippen molar-refractivity contribution in [2.75, 3.05) is 11.9 Å². The SMILES string of the molecule is CCOC(=O)N[C@@H](CC(=O)Nc1nc(-c2ccccc2)c(C)s1)c1ccccc1. The van der Waals surface area contributed by atoms with Gasteiger partial charge in [0.25, 0.3) is 0 Å². The number of hydrogen-bond donors (Lipinski definition) is 2. The molecule has 2 N–H and O–H groups in total. The summed E-state index contributed by atoms with van der Waals surface area (Å²) in [6.45, 7) is 3.98. The van der Waals surface area contributed by atoms with Crippen molar-refractivity contribution in [2.24, 2.45) is 0 Å². The van der Waals surface area contributed by atoms with Crippen LogP contribution in [0.1, 0.15) is 29.8 Å². The maximum absolute atomic E-state index is 12.7. The van der Waals surface area contributed by atoms with Gasteiger partial charge in [0, 0.05) is 10.4 Å². The number of alkyl carbamates (subject to hydrolysis) is 1. The van der Waals surface area contributed by atoms with E-state index in [1.54, 1.807) is 6.92 Å². The average molecular weight is 410 g/mol. The molecule has 7 heteroatoms. The Morgan fingerprint density at radius 1 is 1.07 bits per heavy atom. The molecule has 0 radical (unpaired) electrons. The zero-order valence-corrected chi connectivity index (χ0v) is 17.2. The molecule has 0 spiro atoms. The Hall–Kier alpha value is -3.19. The molecule has 6 nitrogen and oxygen atoms in total. The number of ether oxygens (including phenoxy) is 1. The van der Waals surface area contributed by atoms with Gasteiger partial charge < -0.3 is 15.4 Å². The summed E-state index contributed by atoms with van der Waals surface area (Å²) < 4.78 is 4.97. The Bertz CT molecular complexity index is 958. The molecule has 2 amide bonds. The first-order valence-corrected chi connectivity index (χ1v) is 10.2. The summed E-state index contributed by atoms with van der Waals surface area (Å²) in [5.74, 6) is -0.232. The Morgan fingerprint density at radius 2 is 1.72 bits per heavy atom. The molecule has 0 aliphatic rings. The topological polar surface area (TPSA) is 80.3 Å². The molecule has 3 rings (SSSR count). The van der Waals surface area contributed by atoms with Crippen LogP contribution in [-0.4, -0.2) is 23.6 Å². The summed E-state index contributed by atoms with van der Waals surface area (Å²) >= 11 is 1.43. The lowest BCUT2D eigenvalue weighted by atomic mass is 10.0. The second-order valence-electron chi connectivity index (χ2n) is 6.37. The van der Waals surface area contributed by atoms with Crippen molar-refractivity contribution in [3.05, 3.63) is 71.1 Å². The average Bonchev–Trinajstić information content (AvgIpc) is 3.09. The van der Waals surface area contributed by atoms with Crippen LogP contribution in [0.5, 0.6) is 0 Å². The van der Waals surface area contributed by atoms with Crippen molar-refractivity contribution in [1.29, 1.82) is 0 Å². The van der Waals surface area contributed by atoms with Gasteiger partial charge in [-0.15, -0.1) is 11.3 Å². The minimum Gasteiger partial charge on any atom is -0.450 e. The van der Waals surface area contributed by atoms with E-state index in [-0.39, 0.29) is 18.9 Å². The van der Waals surface area contributed by atoms with E-state index >= 15 is 0 Å². The van der Waals surface area contributed by atoms with E-state index in [0.717, 1.165) is 21.7 Å². The van der Waals surface area contributed by atoms with Crippen molar-refractivity contribution in [2.45, 2.75) is 26.3 Å². The Kier molecular flexibility index (Phi) is 6.97. The molecule has 0 aliphatic carbocycles. The van der Waals surface area contributed by atoms with Crippen LogP contribution in [0.15, 0.2) is 60.7 Å².